The topological polar surface area (TPSA) is 76.7 Å². The molecule has 0 radical (unpaired) electrons. The number of carbonyl (C=O) groups excluding carboxylic acids is 2. The Hall–Kier alpha value is -3.80. The van der Waals surface area contributed by atoms with E-state index in [-0.39, 0.29) is 11.8 Å². The van der Waals surface area contributed by atoms with Crippen LogP contribution in [0.15, 0.2) is 72.8 Å². The second-order valence-electron chi connectivity index (χ2n) is 6.80. The summed E-state index contributed by atoms with van der Waals surface area (Å²) in [5.74, 6) is 0.676. The van der Waals surface area contributed by atoms with Crippen molar-refractivity contribution >= 4 is 23.2 Å². The van der Waals surface area contributed by atoms with Crippen LogP contribution in [0, 0.1) is 6.92 Å². The van der Waals surface area contributed by atoms with Crippen LogP contribution in [0.2, 0.25) is 0 Å². The molecule has 0 heterocycles. The molecule has 2 N–H and O–H groups in total. The van der Waals surface area contributed by atoms with E-state index in [4.69, 9.17) is 9.47 Å². The third kappa shape index (κ3) is 5.38. The summed E-state index contributed by atoms with van der Waals surface area (Å²) in [7, 11) is 1.55. The summed E-state index contributed by atoms with van der Waals surface area (Å²) in [6.07, 6.45) is -0.666. The normalized spacial score (nSPS) is 11.3. The molecule has 6 heteroatoms. The average molecular weight is 404 g/mol. The van der Waals surface area contributed by atoms with Gasteiger partial charge in [-0.3, -0.25) is 9.59 Å². The molecule has 0 aliphatic rings. The highest BCUT2D eigenvalue weighted by molar-refractivity contribution is 6.05. The average Bonchev–Trinajstić information content (AvgIpc) is 2.74. The number of para-hydroxylation sites is 2. The van der Waals surface area contributed by atoms with Gasteiger partial charge >= 0.3 is 0 Å². The number of benzene rings is 3. The van der Waals surface area contributed by atoms with Crippen LogP contribution in [0.4, 0.5) is 11.4 Å². The molecule has 2 amide bonds. The highest BCUT2D eigenvalue weighted by Crippen LogP contribution is 2.24. The monoisotopic (exact) mass is 404 g/mol. The van der Waals surface area contributed by atoms with E-state index in [0.29, 0.717) is 28.4 Å². The molecule has 0 saturated carbocycles. The fourth-order valence-electron chi connectivity index (χ4n) is 2.84. The zero-order chi connectivity index (χ0) is 21.5. The number of aryl methyl sites for hydroxylation is 1. The van der Waals surface area contributed by atoms with Crippen molar-refractivity contribution in [1.82, 2.24) is 0 Å². The number of anilines is 2. The van der Waals surface area contributed by atoms with E-state index in [2.05, 4.69) is 10.6 Å². The lowest BCUT2D eigenvalue weighted by Gasteiger charge is -2.15. The Bertz CT molecular complexity index is 1030. The molecule has 3 aromatic rings. The lowest BCUT2D eigenvalue weighted by Crippen LogP contribution is -2.30. The van der Waals surface area contributed by atoms with E-state index in [9.17, 15) is 9.59 Å². The van der Waals surface area contributed by atoms with Gasteiger partial charge in [0, 0.05) is 11.3 Å². The maximum absolute atomic E-state index is 12.5. The highest BCUT2D eigenvalue weighted by atomic mass is 16.5. The molecule has 1 atom stereocenters. The van der Waals surface area contributed by atoms with Gasteiger partial charge in [0.25, 0.3) is 11.8 Å². The molecule has 0 aliphatic carbocycles. The maximum atomic E-state index is 12.5. The fourth-order valence-corrected chi connectivity index (χ4v) is 2.84. The summed E-state index contributed by atoms with van der Waals surface area (Å²) in [5.41, 5.74) is 2.68. The molecule has 154 valence electrons. The van der Waals surface area contributed by atoms with Gasteiger partial charge in [-0.05, 0) is 67.9 Å². The predicted molar refractivity (Wildman–Crippen MR) is 117 cm³/mol. The maximum Gasteiger partial charge on any atom is 0.265 e. The molecule has 30 heavy (non-hydrogen) atoms. The van der Waals surface area contributed by atoms with Crippen LogP contribution in [0.1, 0.15) is 22.8 Å². The van der Waals surface area contributed by atoms with Crippen LogP contribution in [0.3, 0.4) is 0 Å². The minimum atomic E-state index is -0.666. The van der Waals surface area contributed by atoms with Gasteiger partial charge < -0.3 is 20.1 Å². The van der Waals surface area contributed by atoms with Crippen LogP contribution in [-0.4, -0.2) is 25.0 Å². The number of carbonyl (C=O) groups is 2. The van der Waals surface area contributed by atoms with Crippen LogP contribution < -0.4 is 20.1 Å². The van der Waals surface area contributed by atoms with Crippen molar-refractivity contribution in [1.29, 1.82) is 0 Å². The summed E-state index contributed by atoms with van der Waals surface area (Å²) in [4.78, 5) is 24.9. The molecule has 0 bridgehead atoms. The number of ether oxygens (including phenoxy) is 2. The summed E-state index contributed by atoms with van der Waals surface area (Å²) in [6, 6.07) is 21.3. The quantitative estimate of drug-likeness (QED) is 0.600. The van der Waals surface area contributed by atoms with Gasteiger partial charge in [0.1, 0.15) is 11.5 Å². The second kappa shape index (κ2) is 9.60. The Balaban J connectivity index is 1.59. The van der Waals surface area contributed by atoms with E-state index >= 15 is 0 Å². The van der Waals surface area contributed by atoms with Crippen molar-refractivity contribution in [2.75, 3.05) is 17.7 Å². The Kier molecular flexibility index (Phi) is 6.70. The minimum absolute atomic E-state index is 0.270. The van der Waals surface area contributed by atoms with Gasteiger partial charge in [-0.25, -0.2) is 0 Å². The third-order valence-corrected chi connectivity index (χ3v) is 4.44. The zero-order valence-electron chi connectivity index (χ0n) is 17.1. The SMILES string of the molecule is COc1ccccc1NC(=O)c1ccc(NC(=O)[C@H](C)Oc2cccc(C)c2)cc1. The highest BCUT2D eigenvalue weighted by Gasteiger charge is 2.15. The van der Waals surface area contributed by atoms with Crippen molar-refractivity contribution in [3.05, 3.63) is 83.9 Å². The standard InChI is InChI=1S/C24H24N2O4/c1-16-7-6-8-20(15-16)30-17(2)23(27)25-19-13-11-18(12-14-19)24(28)26-21-9-4-5-10-22(21)29-3/h4-15,17H,1-3H3,(H,25,27)(H,26,28)/t17-/m0/s1. The number of nitrogens with one attached hydrogen (secondary N) is 2. The molecule has 0 unspecified atom stereocenters. The van der Waals surface area contributed by atoms with Crippen LogP contribution in [0.5, 0.6) is 11.5 Å². The van der Waals surface area contributed by atoms with Crippen LogP contribution in [0.25, 0.3) is 0 Å². The molecule has 0 aliphatic heterocycles. The second-order valence-corrected chi connectivity index (χ2v) is 6.80. The summed E-state index contributed by atoms with van der Waals surface area (Å²) >= 11 is 0. The number of amides is 2. The van der Waals surface area contributed by atoms with E-state index < -0.39 is 6.10 Å². The number of methoxy groups -OCH3 is 1. The molecule has 0 fully saturated rings. The predicted octanol–water partition coefficient (Wildman–Crippen LogP) is 4.66. The van der Waals surface area contributed by atoms with Crippen LogP contribution in [-0.2, 0) is 4.79 Å². The first-order chi connectivity index (χ1) is 14.5. The van der Waals surface area contributed by atoms with E-state index in [1.807, 2.05) is 43.3 Å². The summed E-state index contributed by atoms with van der Waals surface area (Å²) < 4.78 is 10.9. The smallest absolute Gasteiger partial charge is 0.265 e. The Labute approximate surface area is 175 Å². The van der Waals surface area contributed by atoms with Gasteiger partial charge in [-0.2, -0.15) is 0 Å². The van der Waals surface area contributed by atoms with Gasteiger partial charge in [0.05, 0.1) is 12.8 Å². The van der Waals surface area contributed by atoms with Crippen molar-refractivity contribution in [2.45, 2.75) is 20.0 Å². The van der Waals surface area contributed by atoms with Crippen LogP contribution >= 0.6 is 0 Å². The summed E-state index contributed by atoms with van der Waals surface area (Å²) in [5, 5.41) is 5.61. The Morgan fingerprint density at radius 3 is 2.33 bits per heavy atom. The van der Waals surface area contributed by atoms with E-state index in [1.165, 1.54) is 0 Å². The van der Waals surface area contributed by atoms with Crippen molar-refractivity contribution < 1.29 is 19.1 Å². The van der Waals surface area contributed by atoms with Gasteiger partial charge in [0.2, 0.25) is 0 Å². The summed E-state index contributed by atoms with van der Waals surface area (Å²) in [6.45, 7) is 3.65. The van der Waals surface area contributed by atoms with Crippen molar-refractivity contribution in [2.24, 2.45) is 0 Å². The lowest BCUT2D eigenvalue weighted by molar-refractivity contribution is -0.122. The molecule has 6 nitrogen and oxygen atoms in total. The zero-order valence-corrected chi connectivity index (χ0v) is 17.1. The van der Waals surface area contributed by atoms with Gasteiger partial charge in [-0.1, -0.05) is 24.3 Å². The minimum Gasteiger partial charge on any atom is -0.495 e. The Morgan fingerprint density at radius 2 is 1.63 bits per heavy atom. The molecule has 3 aromatic carbocycles. The van der Waals surface area contributed by atoms with Gasteiger partial charge in [0.15, 0.2) is 6.10 Å². The molecular formula is C24H24N2O4. The first-order valence-electron chi connectivity index (χ1n) is 9.55. The van der Waals surface area contributed by atoms with Gasteiger partial charge in [-0.15, -0.1) is 0 Å². The molecule has 0 saturated heterocycles. The first-order valence-corrected chi connectivity index (χ1v) is 9.55. The van der Waals surface area contributed by atoms with E-state index in [1.54, 1.807) is 50.4 Å². The number of rotatable bonds is 7. The Morgan fingerprint density at radius 1 is 0.900 bits per heavy atom. The van der Waals surface area contributed by atoms with Crippen molar-refractivity contribution in [3.63, 3.8) is 0 Å². The molecule has 3 rings (SSSR count). The number of hydrogen-bond acceptors (Lipinski definition) is 4. The third-order valence-electron chi connectivity index (χ3n) is 4.44. The largest absolute Gasteiger partial charge is 0.495 e. The number of hydrogen-bond donors (Lipinski definition) is 2. The first kappa shape index (κ1) is 20.9. The van der Waals surface area contributed by atoms with Crippen molar-refractivity contribution in [3.8, 4) is 11.5 Å². The molecule has 0 spiro atoms. The van der Waals surface area contributed by atoms with E-state index in [0.717, 1.165) is 5.56 Å². The lowest BCUT2D eigenvalue weighted by atomic mass is 10.1. The molecular weight excluding hydrogens is 380 g/mol. The molecule has 0 aromatic heterocycles. The fraction of sp³-hybridized carbons (Fsp3) is 0.167.